The standard InChI is InChI=1S/C17H19N3O.ClH/c21-17(19-14-6-2-1-3-7-14)20-16-9-5-4-8-15(16)13-10-11-18-12-13;/h1-9,13,18H,10-12H2,(H2,19,20,21);1H. The summed E-state index contributed by atoms with van der Waals surface area (Å²) in [6.45, 7) is 2.01. The van der Waals surface area contributed by atoms with E-state index in [1.165, 1.54) is 5.56 Å². The topological polar surface area (TPSA) is 53.2 Å². The summed E-state index contributed by atoms with van der Waals surface area (Å²) in [5.41, 5.74) is 2.88. The fourth-order valence-corrected chi connectivity index (χ4v) is 2.69. The van der Waals surface area contributed by atoms with Gasteiger partial charge >= 0.3 is 6.03 Å². The Balaban J connectivity index is 0.00000176. The van der Waals surface area contributed by atoms with Crippen LogP contribution in [0.2, 0.25) is 0 Å². The number of rotatable bonds is 3. The molecule has 1 aliphatic heterocycles. The van der Waals surface area contributed by atoms with Crippen molar-refractivity contribution >= 4 is 29.8 Å². The van der Waals surface area contributed by atoms with E-state index in [-0.39, 0.29) is 18.4 Å². The Morgan fingerprint density at radius 2 is 1.73 bits per heavy atom. The van der Waals surface area contributed by atoms with Gasteiger partial charge in [0.25, 0.3) is 0 Å². The highest BCUT2D eigenvalue weighted by molar-refractivity contribution is 6.00. The van der Waals surface area contributed by atoms with Crippen LogP contribution in [0.4, 0.5) is 16.2 Å². The Kier molecular flexibility index (Phi) is 5.81. The first-order chi connectivity index (χ1) is 10.3. The number of urea groups is 1. The normalized spacial score (nSPS) is 16.6. The van der Waals surface area contributed by atoms with E-state index in [4.69, 9.17) is 0 Å². The van der Waals surface area contributed by atoms with Gasteiger partial charge in [-0.15, -0.1) is 12.4 Å². The monoisotopic (exact) mass is 317 g/mol. The number of amides is 2. The summed E-state index contributed by atoms with van der Waals surface area (Å²) in [5, 5.41) is 9.16. The molecule has 0 radical (unpaired) electrons. The third-order valence-corrected chi connectivity index (χ3v) is 3.74. The highest BCUT2D eigenvalue weighted by Gasteiger charge is 2.19. The number of halogens is 1. The molecule has 22 heavy (non-hydrogen) atoms. The predicted octanol–water partition coefficient (Wildman–Crippen LogP) is 3.83. The molecule has 0 spiro atoms. The molecule has 1 atom stereocenters. The van der Waals surface area contributed by atoms with Gasteiger partial charge in [0.1, 0.15) is 0 Å². The summed E-state index contributed by atoms with van der Waals surface area (Å²) in [7, 11) is 0. The lowest BCUT2D eigenvalue weighted by Crippen LogP contribution is -2.21. The summed E-state index contributed by atoms with van der Waals surface area (Å²) in [4.78, 5) is 12.1. The zero-order valence-corrected chi connectivity index (χ0v) is 13.0. The summed E-state index contributed by atoms with van der Waals surface area (Å²) in [6, 6.07) is 17.3. The van der Waals surface area contributed by atoms with E-state index in [1.807, 2.05) is 48.5 Å². The third-order valence-electron chi connectivity index (χ3n) is 3.74. The maximum absolute atomic E-state index is 12.1. The molecule has 3 N–H and O–H groups in total. The minimum atomic E-state index is -0.209. The molecule has 1 saturated heterocycles. The molecule has 116 valence electrons. The fraction of sp³-hybridized carbons (Fsp3) is 0.235. The minimum Gasteiger partial charge on any atom is -0.316 e. The van der Waals surface area contributed by atoms with Crippen molar-refractivity contribution in [3.05, 3.63) is 60.2 Å². The summed E-state index contributed by atoms with van der Waals surface area (Å²) >= 11 is 0. The van der Waals surface area contributed by atoms with Crippen LogP contribution in [0.5, 0.6) is 0 Å². The van der Waals surface area contributed by atoms with Crippen molar-refractivity contribution in [2.45, 2.75) is 12.3 Å². The second-order valence-corrected chi connectivity index (χ2v) is 5.22. The number of carbonyl (C=O) groups is 1. The molecule has 0 aromatic heterocycles. The lowest BCUT2D eigenvalue weighted by molar-refractivity contribution is 0.262. The third kappa shape index (κ3) is 4.00. The van der Waals surface area contributed by atoms with Gasteiger partial charge in [-0.3, -0.25) is 0 Å². The SMILES string of the molecule is Cl.O=C(Nc1ccccc1)Nc1ccccc1C1CCNC1. The molecule has 5 heteroatoms. The van der Waals surface area contributed by atoms with E-state index in [0.29, 0.717) is 5.92 Å². The van der Waals surface area contributed by atoms with Gasteiger partial charge in [0, 0.05) is 17.9 Å². The van der Waals surface area contributed by atoms with Gasteiger partial charge < -0.3 is 16.0 Å². The Hall–Kier alpha value is -2.04. The number of nitrogens with one attached hydrogen (secondary N) is 3. The molecule has 2 aromatic rings. The van der Waals surface area contributed by atoms with Gasteiger partial charge in [0.2, 0.25) is 0 Å². The molecular weight excluding hydrogens is 298 g/mol. The van der Waals surface area contributed by atoms with Crippen LogP contribution in [0.1, 0.15) is 17.9 Å². The van der Waals surface area contributed by atoms with Crippen molar-refractivity contribution in [1.82, 2.24) is 5.32 Å². The smallest absolute Gasteiger partial charge is 0.316 e. The summed E-state index contributed by atoms with van der Waals surface area (Å²) in [6.07, 6.45) is 1.11. The van der Waals surface area contributed by atoms with Crippen LogP contribution < -0.4 is 16.0 Å². The Bertz CT molecular complexity index is 612. The van der Waals surface area contributed by atoms with Crippen LogP contribution >= 0.6 is 12.4 Å². The minimum absolute atomic E-state index is 0. The molecule has 1 unspecified atom stereocenters. The second-order valence-electron chi connectivity index (χ2n) is 5.22. The Morgan fingerprint density at radius 1 is 1.00 bits per heavy atom. The van der Waals surface area contributed by atoms with Crippen LogP contribution in [0.3, 0.4) is 0 Å². The first-order valence-electron chi connectivity index (χ1n) is 7.25. The van der Waals surface area contributed by atoms with Crippen molar-refractivity contribution in [2.75, 3.05) is 23.7 Å². The number of hydrogen-bond donors (Lipinski definition) is 3. The molecule has 2 amide bonds. The van der Waals surface area contributed by atoms with E-state index in [0.717, 1.165) is 30.9 Å². The molecule has 3 rings (SSSR count). The van der Waals surface area contributed by atoms with Crippen LogP contribution in [0.15, 0.2) is 54.6 Å². The van der Waals surface area contributed by atoms with Gasteiger partial charge in [0.15, 0.2) is 0 Å². The zero-order chi connectivity index (χ0) is 14.5. The van der Waals surface area contributed by atoms with Crippen molar-refractivity contribution in [3.8, 4) is 0 Å². The molecule has 0 bridgehead atoms. The van der Waals surface area contributed by atoms with Crippen LogP contribution in [-0.2, 0) is 0 Å². The van der Waals surface area contributed by atoms with Crippen molar-refractivity contribution in [3.63, 3.8) is 0 Å². The first kappa shape index (κ1) is 16.3. The van der Waals surface area contributed by atoms with Crippen molar-refractivity contribution in [2.24, 2.45) is 0 Å². The fourth-order valence-electron chi connectivity index (χ4n) is 2.69. The van der Waals surface area contributed by atoms with Crippen molar-refractivity contribution < 1.29 is 4.79 Å². The summed E-state index contributed by atoms with van der Waals surface area (Å²) in [5.74, 6) is 0.471. The zero-order valence-electron chi connectivity index (χ0n) is 12.2. The van der Waals surface area contributed by atoms with Gasteiger partial charge in [0.05, 0.1) is 0 Å². The molecular formula is C17H20ClN3O. The number of hydrogen-bond acceptors (Lipinski definition) is 2. The van der Waals surface area contributed by atoms with Crippen LogP contribution in [-0.4, -0.2) is 19.1 Å². The van der Waals surface area contributed by atoms with E-state index < -0.39 is 0 Å². The van der Waals surface area contributed by atoms with E-state index in [9.17, 15) is 4.79 Å². The summed E-state index contributed by atoms with van der Waals surface area (Å²) < 4.78 is 0. The molecule has 4 nitrogen and oxygen atoms in total. The Morgan fingerprint density at radius 3 is 2.45 bits per heavy atom. The van der Waals surface area contributed by atoms with E-state index in [1.54, 1.807) is 0 Å². The number of benzene rings is 2. The number of para-hydroxylation sites is 2. The molecule has 2 aromatic carbocycles. The second kappa shape index (κ2) is 7.82. The molecule has 0 saturated carbocycles. The van der Waals surface area contributed by atoms with Gasteiger partial charge in [-0.1, -0.05) is 36.4 Å². The molecule has 0 aliphatic carbocycles. The maximum Gasteiger partial charge on any atom is 0.323 e. The molecule has 1 aliphatic rings. The maximum atomic E-state index is 12.1. The van der Waals surface area contributed by atoms with E-state index >= 15 is 0 Å². The largest absolute Gasteiger partial charge is 0.323 e. The molecule has 1 heterocycles. The highest BCUT2D eigenvalue weighted by Crippen LogP contribution is 2.28. The van der Waals surface area contributed by atoms with Crippen LogP contribution in [0, 0.1) is 0 Å². The average molecular weight is 318 g/mol. The van der Waals surface area contributed by atoms with Crippen LogP contribution in [0.25, 0.3) is 0 Å². The lowest BCUT2D eigenvalue weighted by atomic mass is 9.96. The highest BCUT2D eigenvalue weighted by atomic mass is 35.5. The molecule has 1 fully saturated rings. The Labute approximate surface area is 136 Å². The van der Waals surface area contributed by atoms with E-state index in [2.05, 4.69) is 22.0 Å². The first-order valence-corrected chi connectivity index (χ1v) is 7.25. The predicted molar refractivity (Wildman–Crippen MR) is 93.0 cm³/mol. The van der Waals surface area contributed by atoms with Gasteiger partial charge in [-0.05, 0) is 42.6 Å². The van der Waals surface area contributed by atoms with Gasteiger partial charge in [-0.2, -0.15) is 0 Å². The van der Waals surface area contributed by atoms with Crippen molar-refractivity contribution in [1.29, 1.82) is 0 Å². The lowest BCUT2D eigenvalue weighted by Gasteiger charge is -2.16. The number of carbonyl (C=O) groups excluding carboxylic acids is 1. The average Bonchev–Trinajstić information content (AvgIpc) is 3.03. The van der Waals surface area contributed by atoms with Gasteiger partial charge in [-0.25, -0.2) is 4.79 Å². The number of anilines is 2. The quantitative estimate of drug-likeness (QED) is 0.806.